The third kappa shape index (κ3) is 4.26. The van der Waals surface area contributed by atoms with Gasteiger partial charge in [-0.05, 0) is 41.6 Å². The van der Waals surface area contributed by atoms with E-state index in [2.05, 4.69) is 5.32 Å². The second kappa shape index (κ2) is 7.93. The molecule has 0 unspecified atom stereocenters. The number of halogens is 1. The predicted molar refractivity (Wildman–Crippen MR) is 81.2 cm³/mol. The maximum atomic E-state index is 12.0. The van der Waals surface area contributed by atoms with E-state index < -0.39 is 5.97 Å². The summed E-state index contributed by atoms with van der Waals surface area (Å²) in [6.07, 6.45) is 0. The zero-order chi connectivity index (χ0) is 15.1. The summed E-state index contributed by atoms with van der Waals surface area (Å²) < 4.78 is 15.7. The van der Waals surface area contributed by atoms with Crippen molar-refractivity contribution >= 4 is 34.5 Å². The Morgan fingerprint density at radius 2 is 1.80 bits per heavy atom. The third-order valence-electron chi connectivity index (χ3n) is 2.42. The van der Waals surface area contributed by atoms with Gasteiger partial charge in [0.1, 0.15) is 6.54 Å². The van der Waals surface area contributed by atoms with Gasteiger partial charge in [0.2, 0.25) is 0 Å². The predicted octanol–water partition coefficient (Wildman–Crippen LogP) is 1.60. The Bertz CT molecular complexity index is 504. The van der Waals surface area contributed by atoms with Crippen LogP contribution in [0.5, 0.6) is 11.5 Å². The van der Waals surface area contributed by atoms with E-state index >= 15 is 0 Å². The summed E-state index contributed by atoms with van der Waals surface area (Å²) >= 11 is 2.02. The fraction of sp³-hybridized carbons (Fsp3) is 0.385. The largest absolute Gasteiger partial charge is 0.493 e. The van der Waals surface area contributed by atoms with Crippen LogP contribution >= 0.6 is 22.6 Å². The molecule has 0 fully saturated rings. The van der Waals surface area contributed by atoms with Crippen molar-refractivity contribution in [2.45, 2.75) is 6.92 Å². The topological polar surface area (TPSA) is 73.9 Å². The van der Waals surface area contributed by atoms with Crippen LogP contribution in [-0.2, 0) is 9.53 Å². The highest BCUT2D eigenvalue weighted by Gasteiger charge is 2.16. The zero-order valence-electron chi connectivity index (χ0n) is 11.5. The number of esters is 1. The first-order valence-corrected chi connectivity index (χ1v) is 6.96. The van der Waals surface area contributed by atoms with Gasteiger partial charge >= 0.3 is 5.97 Å². The van der Waals surface area contributed by atoms with Crippen LogP contribution < -0.4 is 14.8 Å². The molecule has 1 aromatic rings. The molecule has 0 atom stereocenters. The Morgan fingerprint density at radius 1 is 1.20 bits per heavy atom. The van der Waals surface area contributed by atoms with Gasteiger partial charge in [-0.1, -0.05) is 0 Å². The number of carbonyl (C=O) groups is 2. The Kier molecular flexibility index (Phi) is 6.56. The van der Waals surface area contributed by atoms with Crippen molar-refractivity contribution in [3.05, 3.63) is 21.3 Å². The van der Waals surface area contributed by atoms with Gasteiger partial charge in [-0.15, -0.1) is 0 Å². The first-order valence-electron chi connectivity index (χ1n) is 5.88. The van der Waals surface area contributed by atoms with E-state index in [0.29, 0.717) is 20.6 Å². The summed E-state index contributed by atoms with van der Waals surface area (Å²) in [5, 5.41) is 2.50. The molecular formula is C13H16INO5. The Labute approximate surface area is 130 Å². The van der Waals surface area contributed by atoms with Gasteiger partial charge in [0.05, 0.1) is 26.4 Å². The highest BCUT2D eigenvalue weighted by Crippen LogP contribution is 2.31. The Balaban J connectivity index is 2.85. The van der Waals surface area contributed by atoms with Gasteiger partial charge in [-0.3, -0.25) is 9.59 Å². The number of rotatable bonds is 6. The molecule has 0 aliphatic rings. The number of benzene rings is 1. The van der Waals surface area contributed by atoms with Crippen LogP contribution in [0, 0.1) is 3.57 Å². The van der Waals surface area contributed by atoms with Crippen LogP contribution in [0.15, 0.2) is 12.1 Å². The molecule has 1 aromatic carbocycles. The molecule has 20 heavy (non-hydrogen) atoms. The second-order valence-electron chi connectivity index (χ2n) is 3.67. The minimum absolute atomic E-state index is 0.170. The van der Waals surface area contributed by atoms with Crippen molar-refractivity contribution in [3.8, 4) is 11.5 Å². The molecule has 0 radical (unpaired) electrons. The Morgan fingerprint density at radius 3 is 2.35 bits per heavy atom. The van der Waals surface area contributed by atoms with Crippen molar-refractivity contribution in [1.29, 1.82) is 0 Å². The molecule has 7 heteroatoms. The quantitative estimate of drug-likeness (QED) is 0.587. The number of ether oxygens (including phenoxy) is 3. The lowest BCUT2D eigenvalue weighted by molar-refractivity contribution is -0.141. The molecular weight excluding hydrogens is 377 g/mol. The number of hydrogen-bond acceptors (Lipinski definition) is 5. The van der Waals surface area contributed by atoms with Gasteiger partial charge in [-0.2, -0.15) is 0 Å². The van der Waals surface area contributed by atoms with E-state index in [1.807, 2.05) is 22.6 Å². The lowest BCUT2D eigenvalue weighted by Crippen LogP contribution is -2.31. The third-order valence-corrected chi connectivity index (χ3v) is 3.31. The van der Waals surface area contributed by atoms with Crippen molar-refractivity contribution in [3.63, 3.8) is 0 Å². The van der Waals surface area contributed by atoms with E-state index in [0.717, 1.165) is 0 Å². The SMILES string of the molecule is CCOC(=O)CNC(=O)c1cc(OC)c(OC)cc1I. The first-order chi connectivity index (χ1) is 9.53. The van der Waals surface area contributed by atoms with Crippen molar-refractivity contribution in [2.24, 2.45) is 0 Å². The lowest BCUT2D eigenvalue weighted by atomic mass is 10.2. The van der Waals surface area contributed by atoms with Crippen molar-refractivity contribution in [2.75, 3.05) is 27.4 Å². The van der Waals surface area contributed by atoms with Crippen LogP contribution in [0.3, 0.4) is 0 Å². The zero-order valence-corrected chi connectivity index (χ0v) is 13.6. The maximum absolute atomic E-state index is 12.0. The molecule has 0 bridgehead atoms. The number of nitrogens with one attached hydrogen (secondary N) is 1. The van der Waals surface area contributed by atoms with E-state index in [9.17, 15) is 9.59 Å². The lowest BCUT2D eigenvalue weighted by Gasteiger charge is -2.12. The second-order valence-corrected chi connectivity index (χ2v) is 4.84. The monoisotopic (exact) mass is 393 g/mol. The molecule has 0 saturated heterocycles. The summed E-state index contributed by atoms with van der Waals surface area (Å²) in [6.45, 7) is 1.82. The van der Waals surface area contributed by atoms with Crippen molar-refractivity contribution in [1.82, 2.24) is 5.32 Å². The van der Waals surface area contributed by atoms with E-state index in [1.165, 1.54) is 14.2 Å². The molecule has 0 aromatic heterocycles. The number of carbonyl (C=O) groups excluding carboxylic acids is 2. The van der Waals surface area contributed by atoms with Crippen LogP contribution in [0.4, 0.5) is 0 Å². The summed E-state index contributed by atoms with van der Waals surface area (Å²) in [4.78, 5) is 23.2. The highest BCUT2D eigenvalue weighted by atomic mass is 127. The van der Waals surface area contributed by atoms with E-state index in [-0.39, 0.29) is 19.1 Å². The summed E-state index contributed by atoms with van der Waals surface area (Å²) in [7, 11) is 3.01. The summed E-state index contributed by atoms with van der Waals surface area (Å²) in [6, 6.07) is 3.26. The fourth-order valence-corrected chi connectivity index (χ4v) is 2.17. The normalized spacial score (nSPS) is 9.80. The smallest absolute Gasteiger partial charge is 0.325 e. The van der Waals surface area contributed by atoms with Crippen LogP contribution in [0.25, 0.3) is 0 Å². The minimum Gasteiger partial charge on any atom is -0.493 e. The van der Waals surface area contributed by atoms with Crippen LogP contribution in [0.1, 0.15) is 17.3 Å². The molecule has 1 rings (SSSR count). The van der Waals surface area contributed by atoms with Gasteiger partial charge in [0, 0.05) is 3.57 Å². The molecule has 0 heterocycles. The average Bonchev–Trinajstić information content (AvgIpc) is 2.44. The van der Waals surface area contributed by atoms with Gasteiger partial charge in [0.15, 0.2) is 11.5 Å². The number of amides is 1. The summed E-state index contributed by atoms with van der Waals surface area (Å²) in [5.74, 6) is 0.146. The molecule has 1 N–H and O–H groups in total. The molecule has 0 aliphatic heterocycles. The van der Waals surface area contributed by atoms with Crippen LogP contribution in [0.2, 0.25) is 0 Å². The average molecular weight is 393 g/mol. The minimum atomic E-state index is -0.476. The number of methoxy groups -OCH3 is 2. The van der Waals surface area contributed by atoms with Gasteiger partial charge < -0.3 is 19.5 Å². The van der Waals surface area contributed by atoms with E-state index in [4.69, 9.17) is 14.2 Å². The molecule has 0 spiro atoms. The molecule has 1 amide bonds. The molecule has 6 nitrogen and oxygen atoms in total. The van der Waals surface area contributed by atoms with Crippen LogP contribution in [-0.4, -0.2) is 39.2 Å². The Hall–Kier alpha value is -1.51. The highest BCUT2D eigenvalue weighted by molar-refractivity contribution is 14.1. The maximum Gasteiger partial charge on any atom is 0.325 e. The molecule has 0 saturated carbocycles. The van der Waals surface area contributed by atoms with Gasteiger partial charge in [0.25, 0.3) is 5.91 Å². The first kappa shape index (κ1) is 16.5. The standard InChI is InChI=1S/C13H16INO5/c1-4-20-12(16)7-15-13(17)8-5-10(18-2)11(19-3)6-9(8)14/h5-6H,4,7H2,1-3H3,(H,15,17). The molecule has 0 aliphatic carbocycles. The summed E-state index contributed by atoms with van der Waals surface area (Å²) in [5.41, 5.74) is 0.410. The van der Waals surface area contributed by atoms with E-state index in [1.54, 1.807) is 19.1 Å². The fourth-order valence-electron chi connectivity index (χ4n) is 1.49. The van der Waals surface area contributed by atoms with Crippen molar-refractivity contribution < 1.29 is 23.8 Å². The van der Waals surface area contributed by atoms with Gasteiger partial charge in [-0.25, -0.2) is 0 Å². The number of hydrogen-bond donors (Lipinski definition) is 1. The molecule has 110 valence electrons.